The lowest BCUT2D eigenvalue weighted by molar-refractivity contribution is -0.00285. The molecule has 2 atom stereocenters. The van der Waals surface area contributed by atoms with Gasteiger partial charge in [-0.3, -0.25) is 9.80 Å². The van der Waals surface area contributed by atoms with Crippen molar-refractivity contribution in [2.24, 2.45) is 0 Å². The Balaban J connectivity index is 1.98. The maximum Gasteiger partial charge on any atom is 0.0380 e. The molecule has 92 valence electrons. The zero-order valence-electron chi connectivity index (χ0n) is 10.7. The van der Waals surface area contributed by atoms with Crippen molar-refractivity contribution in [3.63, 3.8) is 0 Å². The molecule has 3 fully saturated rings. The van der Waals surface area contributed by atoms with Crippen LogP contribution in [0.2, 0.25) is 0 Å². The average molecular weight is 223 g/mol. The highest BCUT2D eigenvalue weighted by molar-refractivity contribution is 5.01. The molecule has 0 spiro atoms. The Hall–Kier alpha value is -0.380. The fourth-order valence-corrected chi connectivity index (χ4v) is 3.02. The first-order chi connectivity index (χ1) is 7.70. The number of piperazine rings is 3. The molecular weight excluding hydrogens is 198 g/mol. The van der Waals surface area contributed by atoms with E-state index in [0.717, 1.165) is 13.0 Å². The number of hydrogen-bond acceptors (Lipinski definition) is 3. The normalized spacial score (nSPS) is 35.0. The van der Waals surface area contributed by atoms with Gasteiger partial charge in [-0.2, -0.15) is 0 Å². The van der Waals surface area contributed by atoms with Crippen LogP contribution in [0.1, 0.15) is 20.3 Å². The molecule has 0 aliphatic carbocycles. The molecule has 16 heavy (non-hydrogen) atoms. The Kier molecular flexibility index (Phi) is 4.00. The molecule has 3 nitrogen and oxygen atoms in total. The van der Waals surface area contributed by atoms with Gasteiger partial charge >= 0.3 is 0 Å². The van der Waals surface area contributed by atoms with Gasteiger partial charge in [-0.05, 0) is 19.9 Å². The van der Waals surface area contributed by atoms with Crippen molar-refractivity contribution in [1.29, 1.82) is 0 Å². The van der Waals surface area contributed by atoms with E-state index in [2.05, 4.69) is 35.5 Å². The predicted octanol–water partition coefficient (Wildman–Crippen LogP) is 0.930. The number of fused-ring (bicyclic) bond motifs is 3. The molecule has 2 bridgehead atoms. The van der Waals surface area contributed by atoms with Crippen LogP contribution in [-0.4, -0.2) is 61.2 Å². The van der Waals surface area contributed by atoms with E-state index in [0.29, 0.717) is 12.1 Å². The molecule has 0 aromatic heterocycles. The third kappa shape index (κ3) is 2.65. The minimum atomic E-state index is 0.589. The molecule has 3 heterocycles. The molecule has 0 amide bonds. The number of likely N-dealkylation sites (N-methyl/N-ethyl adjacent to an activating group) is 1. The van der Waals surface area contributed by atoms with Crippen LogP contribution >= 0.6 is 0 Å². The first kappa shape index (κ1) is 12.1. The molecule has 2 unspecified atom stereocenters. The highest BCUT2D eigenvalue weighted by Gasteiger charge is 2.36. The summed E-state index contributed by atoms with van der Waals surface area (Å²) in [6.07, 6.45) is 1.11. The summed E-state index contributed by atoms with van der Waals surface area (Å²) in [7, 11) is 0. The van der Waals surface area contributed by atoms with Crippen LogP contribution in [0, 0.1) is 0 Å². The minimum absolute atomic E-state index is 0.589. The van der Waals surface area contributed by atoms with E-state index in [1.54, 1.807) is 0 Å². The Bertz CT molecular complexity index is 244. The summed E-state index contributed by atoms with van der Waals surface area (Å²) in [5.41, 5.74) is 1.29. The molecular formula is C13H25N3. The standard InChI is InChI=1S/C13H25N3/c1-4-14-12(9-11(2)3)13-10-15-5-7-16(13)8-6-15/h12-14H,2,4-10H2,1,3H3. The summed E-state index contributed by atoms with van der Waals surface area (Å²) in [6.45, 7) is 15.7. The van der Waals surface area contributed by atoms with Gasteiger partial charge in [0.05, 0.1) is 0 Å². The highest BCUT2D eigenvalue weighted by atomic mass is 15.4. The molecule has 0 aromatic carbocycles. The predicted molar refractivity (Wildman–Crippen MR) is 68.7 cm³/mol. The van der Waals surface area contributed by atoms with Crippen LogP contribution in [0.25, 0.3) is 0 Å². The van der Waals surface area contributed by atoms with Crippen LogP contribution < -0.4 is 5.32 Å². The molecule has 3 saturated heterocycles. The molecule has 0 saturated carbocycles. The second kappa shape index (κ2) is 5.30. The lowest BCUT2D eigenvalue weighted by Crippen LogP contribution is -2.66. The Morgan fingerprint density at radius 2 is 2.06 bits per heavy atom. The summed E-state index contributed by atoms with van der Waals surface area (Å²) in [5.74, 6) is 0. The maximum absolute atomic E-state index is 4.06. The SMILES string of the molecule is C=C(C)CC(NCC)C1CN2CCN1CC2. The topological polar surface area (TPSA) is 18.5 Å². The quantitative estimate of drug-likeness (QED) is 0.700. The third-order valence-electron chi connectivity index (χ3n) is 3.82. The average Bonchev–Trinajstić information content (AvgIpc) is 2.29. The fraction of sp³-hybridized carbons (Fsp3) is 0.846. The number of nitrogens with zero attached hydrogens (tertiary/aromatic N) is 2. The van der Waals surface area contributed by atoms with Crippen LogP contribution in [-0.2, 0) is 0 Å². The minimum Gasteiger partial charge on any atom is -0.312 e. The maximum atomic E-state index is 4.06. The summed E-state index contributed by atoms with van der Waals surface area (Å²) in [4.78, 5) is 5.27. The Morgan fingerprint density at radius 3 is 2.50 bits per heavy atom. The van der Waals surface area contributed by atoms with Crippen LogP contribution in [0.4, 0.5) is 0 Å². The summed E-state index contributed by atoms with van der Waals surface area (Å²) in [6, 6.07) is 1.28. The van der Waals surface area contributed by atoms with Gasteiger partial charge in [0.2, 0.25) is 0 Å². The van der Waals surface area contributed by atoms with Crippen LogP contribution in [0.15, 0.2) is 12.2 Å². The van der Waals surface area contributed by atoms with E-state index >= 15 is 0 Å². The summed E-state index contributed by atoms with van der Waals surface area (Å²) >= 11 is 0. The lowest BCUT2D eigenvalue weighted by atomic mass is 9.95. The van der Waals surface area contributed by atoms with E-state index in [-0.39, 0.29) is 0 Å². The summed E-state index contributed by atoms with van der Waals surface area (Å²) < 4.78 is 0. The van der Waals surface area contributed by atoms with Gasteiger partial charge in [-0.1, -0.05) is 12.5 Å². The van der Waals surface area contributed by atoms with Crippen LogP contribution in [0.5, 0.6) is 0 Å². The fourth-order valence-electron chi connectivity index (χ4n) is 3.02. The smallest absolute Gasteiger partial charge is 0.0380 e. The second-order valence-corrected chi connectivity index (χ2v) is 5.23. The third-order valence-corrected chi connectivity index (χ3v) is 3.82. The molecule has 0 radical (unpaired) electrons. The van der Waals surface area contributed by atoms with Crippen molar-refractivity contribution in [3.05, 3.63) is 12.2 Å². The molecule has 3 aliphatic heterocycles. The zero-order valence-corrected chi connectivity index (χ0v) is 10.7. The zero-order chi connectivity index (χ0) is 11.5. The first-order valence-corrected chi connectivity index (χ1v) is 6.55. The van der Waals surface area contributed by atoms with Crippen molar-refractivity contribution in [1.82, 2.24) is 15.1 Å². The van der Waals surface area contributed by atoms with E-state index in [1.807, 2.05) is 0 Å². The first-order valence-electron chi connectivity index (χ1n) is 6.55. The molecule has 0 aromatic rings. The second-order valence-electron chi connectivity index (χ2n) is 5.23. The molecule has 3 aliphatic rings. The monoisotopic (exact) mass is 223 g/mol. The number of rotatable bonds is 5. The van der Waals surface area contributed by atoms with Crippen LogP contribution in [0.3, 0.4) is 0 Å². The van der Waals surface area contributed by atoms with Crippen molar-refractivity contribution >= 4 is 0 Å². The molecule has 3 heteroatoms. The van der Waals surface area contributed by atoms with Gasteiger partial charge in [-0.15, -0.1) is 6.58 Å². The van der Waals surface area contributed by atoms with Gasteiger partial charge in [0.15, 0.2) is 0 Å². The van der Waals surface area contributed by atoms with Gasteiger partial charge in [-0.25, -0.2) is 0 Å². The number of nitrogens with one attached hydrogen (secondary N) is 1. The van der Waals surface area contributed by atoms with Gasteiger partial charge in [0, 0.05) is 44.8 Å². The van der Waals surface area contributed by atoms with E-state index in [4.69, 9.17) is 0 Å². The van der Waals surface area contributed by atoms with Crippen molar-refractivity contribution in [2.45, 2.75) is 32.4 Å². The Labute approximate surface area is 99.5 Å². The largest absolute Gasteiger partial charge is 0.312 e. The van der Waals surface area contributed by atoms with Crippen molar-refractivity contribution < 1.29 is 0 Å². The van der Waals surface area contributed by atoms with Gasteiger partial charge < -0.3 is 5.32 Å². The van der Waals surface area contributed by atoms with E-state index in [1.165, 1.54) is 38.3 Å². The lowest BCUT2D eigenvalue weighted by Gasteiger charge is -2.50. The van der Waals surface area contributed by atoms with E-state index in [9.17, 15) is 0 Å². The highest BCUT2D eigenvalue weighted by Crippen LogP contribution is 2.21. The van der Waals surface area contributed by atoms with Crippen molar-refractivity contribution in [3.8, 4) is 0 Å². The Morgan fingerprint density at radius 1 is 1.38 bits per heavy atom. The molecule has 1 N–H and O–H groups in total. The van der Waals surface area contributed by atoms with E-state index < -0.39 is 0 Å². The van der Waals surface area contributed by atoms with Gasteiger partial charge in [0.25, 0.3) is 0 Å². The molecule has 3 rings (SSSR count). The summed E-state index contributed by atoms with van der Waals surface area (Å²) in [5, 5.41) is 3.64. The number of hydrogen-bond donors (Lipinski definition) is 1. The van der Waals surface area contributed by atoms with Gasteiger partial charge in [0.1, 0.15) is 0 Å². The van der Waals surface area contributed by atoms with Crippen molar-refractivity contribution in [2.75, 3.05) is 39.3 Å².